The molecule has 1 aromatic carbocycles. The van der Waals surface area contributed by atoms with Gasteiger partial charge >= 0.3 is 0 Å². The lowest BCUT2D eigenvalue weighted by molar-refractivity contribution is 0.0827. The molecule has 0 bridgehead atoms. The van der Waals surface area contributed by atoms with Crippen LogP contribution in [0.25, 0.3) is 0 Å². The number of ketones is 1. The van der Waals surface area contributed by atoms with E-state index in [4.69, 9.17) is 0 Å². The smallest absolute Gasteiger partial charge is 0.253 e. The van der Waals surface area contributed by atoms with E-state index in [9.17, 15) is 9.59 Å². The van der Waals surface area contributed by atoms with Crippen molar-refractivity contribution < 1.29 is 9.59 Å². The van der Waals surface area contributed by atoms with E-state index in [1.807, 2.05) is 13.8 Å². The normalized spacial score (nSPS) is 10.3. The van der Waals surface area contributed by atoms with Crippen molar-refractivity contribution in [2.24, 2.45) is 5.92 Å². The number of amides is 1. The van der Waals surface area contributed by atoms with E-state index in [1.54, 1.807) is 38.4 Å². The zero-order valence-electron chi connectivity index (χ0n) is 10.2. The third kappa shape index (κ3) is 2.69. The number of benzene rings is 1. The van der Waals surface area contributed by atoms with Crippen LogP contribution in [0.15, 0.2) is 24.3 Å². The summed E-state index contributed by atoms with van der Waals surface area (Å²) in [5, 5.41) is 0. The Balaban J connectivity index is 3.05. The average Bonchev–Trinajstić information content (AvgIpc) is 2.26. The molecule has 1 rings (SSSR count). The first-order chi connectivity index (χ1) is 7.43. The predicted molar refractivity (Wildman–Crippen MR) is 63.6 cm³/mol. The van der Waals surface area contributed by atoms with E-state index in [0.717, 1.165) is 0 Å². The lowest BCUT2D eigenvalue weighted by Gasteiger charge is -2.11. The number of hydrogen-bond donors (Lipinski definition) is 0. The summed E-state index contributed by atoms with van der Waals surface area (Å²) < 4.78 is 0. The lowest BCUT2D eigenvalue weighted by Crippen LogP contribution is -2.22. The zero-order chi connectivity index (χ0) is 12.3. The number of carbonyl (C=O) groups excluding carboxylic acids is 2. The number of Topliss-reactive ketones (excluding diaryl/α,β-unsaturated/α-hetero) is 1. The quantitative estimate of drug-likeness (QED) is 0.731. The summed E-state index contributed by atoms with van der Waals surface area (Å²) in [6.07, 6.45) is 0. The number of hydrogen-bond acceptors (Lipinski definition) is 2. The summed E-state index contributed by atoms with van der Waals surface area (Å²) in [5.41, 5.74) is 1.15. The van der Waals surface area contributed by atoms with Gasteiger partial charge < -0.3 is 4.90 Å². The van der Waals surface area contributed by atoms with Crippen molar-refractivity contribution >= 4 is 11.7 Å². The first kappa shape index (κ1) is 12.4. The highest BCUT2D eigenvalue weighted by molar-refractivity contribution is 6.01. The van der Waals surface area contributed by atoms with Gasteiger partial charge in [0.1, 0.15) is 0 Å². The molecule has 0 heterocycles. The first-order valence-corrected chi connectivity index (χ1v) is 5.29. The van der Waals surface area contributed by atoms with Crippen LogP contribution in [-0.2, 0) is 0 Å². The number of carbonyl (C=O) groups is 2. The van der Waals surface area contributed by atoms with Crippen LogP contribution in [-0.4, -0.2) is 30.7 Å². The van der Waals surface area contributed by atoms with Crippen LogP contribution in [0.4, 0.5) is 0 Å². The van der Waals surface area contributed by atoms with Gasteiger partial charge in [0.15, 0.2) is 5.78 Å². The standard InChI is InChI=1S/C13H17NO2/c1-9(2)12(15)10-6-5-7-11(8-10)13(16)14(3)4/h5-9H,1-4H3. The van der Waals surface area contributed by atoms with Gasteiger partial charge in [-0.1, -0.05) is 26.0 Å². The molecule has 0 atom stereocenters. The van der Waals surface area contributed by atoms with Gasteiger partial charge in [-0.05, 0) is 12.1 Å². The molecular formula is C13H17NO2. The Bertz CT molecular complexity index is 373. The van der Waals surface area contributed by atoms with Crippen molar-refractivity contribution in [2.75, 3.05) is 14.1 Å². The van der Waals surface area contributed by atoms with E-state index in [2.05, 4.69) is 0 Å². The highest BCUT2D eigenvalue weighted by atomic mass is 16.2. The molecule has 0 saturated heterocycles. The van der Waals surface area contributed by atoms with Gasteiger partial charge in [-0.25, -0.2) is 0 Å². The molecule has 0 aliphatic rings. The molecule has 0 aliphatic heterocycles. The number of rotatable bonds is 3. The fourth-order valence-electron chi connectivity index (χ4n) is 1.40. The van der Waals surface area contributed by atoms with Crippen LogP contribution in [0.1, 0.15) is 34.6 Å². The molecule has 3 heteroatoms. The monoisotopic (exact) mass is 219 g/mol. The molecular weight excluding hydrogens is 202 g/mol. The molecule has 0 fully saturated rings. The Hall–Kier alpha value is -1.64. The Labute approximate surface area is 96.1 Å². The minimum absolute atomic E-state index is 0.0512. The summed E-state index contributed by atoms with van der Waals surface area (Å²) >= 11 is 0. The van der Waals surface area contributed by atoms with Gasteiger partial charge in [-0.3, -0.25) is 9.59 Å². The number of nitrogens with zero attached hydrogens (tertiary/aromatic N) is 1. The summed E-state index contributed by atoms with van der Waals surface area (Å²) in [6.45, 7) is 3.70. The van der Waals surface area contributed by atoms with Gasteiger partial charge in [0.05, 0.1) is 0 Å². The van der Waals surface area contributed by atoms with Gasteiger partial charge in [0.2, 0.25) is 0 Å². The molecule has 0 N–H and O–H groups in total. The summed E-state index contributed by atoms with van der Waals surface area (Å²) in [5.74, 6) is -0.0727. The van der Waals surface area contributed by atoms with E-state index < -0.39 is 0 Å². The average molecular weight is 219 g/mol. The second kappa shape index (κ2) is 4.92. The zero-order valence-corrected chi connectivity index (χ0v) is 10.2. The summed E-state index contributed by atoms with van der Waals surface area (Å²) in [6, 6.07) is 6.87. The minimum atomic E-state index is -0.0848. The van der Waals surface area contributed by atoms with Crippen LogP contribution in [0, 0.1) is 5.92 Å². The van der Waals surface area contributed by atoms with E-state index in [1.165, 1.54) is 4.90 Å². The molecule has 1 aromatic rings. The van der Waals surface area contributed by atoms with Crippen LogP contribution >= 0.6 is 0 Å². The van der Waals surface area contributed by atoms with Crippen LogP contribution in [0.5, 0.6) is 0 Å². The maximum absolute atomic E-state index is 11.8. The molecule has 0 aliphatic carbocycles. The fourth-order valence-corrected chi connectivity index (χ4v) is 1.40. The Morgan fingerprint density at radius 1 is 1.12 bits per heavy atom. The fraction of sp³-hybridized carbons (Fsp3) is 0.385. The molecule has 0 unspecified atom stereocenters. The first-order valence-electron chi connectivity index (χ1n) is 5.29. The largest absolute Gasteiger partial charge is 0.345 e. The Morgan fingerprint density at radius 2 is 1.69 bits per heavy atom. The molecule has 0 spiro atoms. The highest BCUT2D eigenvalue weighted by Crippen LogP contribution is 2.11. The molecule has 0 aromatic heterocycles. The predicted octanol–water partition coefficient (Wildman–Crippen LogP) is 2.23. The van der Waals surface area contributed by atoms with Crippen molar-refractivity contribution in [1.29, 1.82) is 0 Å². The molecule has 16 heavy (non-hydrogen) atoms. The van der Waals surface area contributed by atoms with E-state index >= 15 is 0 Å². The van der Waals surface area contributed by atoms with Crippen LogP contribution in [0.2, 0.25) is 0 Å². The van der Waals surface area contributed by atoms with Gasteiger partial charge in [0.25, 0.3) is 5.91 Å². The van der Waals surface area contributed by atoms with Gasteiger partial charge in [0, 0.05) is 31.1 Å². The van der Waals surface area contributed by atoms with E-state index in [-0.39, 0.29) is 17.6 Å². The van der Waals surface area contributed by atoms with Crippen LogP contribution in [0.3, 0.4) is 0 Å². The van der Waals surface area contributed by atoms with Gasteiger partial charge in [-0.2, -0.15) is 0 Å². The van der Waals surface area contributed by atoms with Crippen molar-refractivity contribution in [3.8, 4) is 0 Å². The molecule has 0 saturated carbocycles. The maximum atomic E-state index is 11.8. The van der Waals surface area contributed by atoms with Crippen molar-refractivity contribution in [2.45, 2.75) is 13.8 Å². The third-order valence-electron chi connectivity index (χ3n) is 2.32. The maximum Gasteiger partial charge on any atom is 0.253 e. The van der Waals surface area contributed by atoms with Crippen molar-refractivity contribution in [3.63, 3.8) is 0 Å². The third-order valence-corrected chi connectivity index (χ3v) is 2.32. The second-order valence-electron chi connectivity index (χ2n) is 4.30. The molecule has 1 amide bonds. The van der Waals surface area contributed by atoms with Crippen LogP contribution < -0.4 is 0 Å². The van der Waals surface area contributed by atoms with E-state index in [0.29, 0.717) is 11.1 Å². The SMILES string of the molecule is CC(C)C(=O)c1cccc(C(=O)N(C)C)c1. The molecule has 3 nitrogen and oxygen atoms in total. The molecule has 86 valence electrons. The Morgan fingerprint density at radius 3 is 2.19 bits per heavy atom. The summed E-state index contributed by atoms with van der Waals surface area (Å²) in [4.78, 5) is 25.0. The van der Waals surface area contributed by atoms with Gasteiger partial charge in [-0.15, -0.1) is 0 Å². The lowest BCUT2D eigenvalue weighted by atomic mass is 9.99. The minimum Gasteiger partial charge on any atom is -0.345 e. The second-order valence-corrected chi connectivity index (χ2v) is 4.30. The topological polar surface area (TPSA) is 37.4 Å². The highest BCUT2D eigenvalue weighted by Gasteiger charge is 2.13. The van der Waals surface area contributed by atoms with Crippen molar-refractivity contribution in [3.05, 3.63) is 35.4 Å². The van der Waals surface area contributed by atoms with Crippen molar-refractivity contribution in [1.82, 2.24) is 4.90 Å². The Kier molecular flexibility index (Phi) is 3.82. The summed E-state index contributed by atoms with van der Waals surface area (Å²) in [7, 11) is 3.39. The molecule has 0 radical (unpaired) electrons.